The molecule has 0 N–H and O–H groups in total. The van der Waals surface area contributed by atoms with Gasteiger partial charge >= 0.3 is 168 Å². The second-order valence-electron chi connectivity index (χ2n) is 8.05. The van der Waals surface area contributed by atoms with Gasteiger partial charge in [-0.25, -0.2) is 0 Å². The zero-order valence-electron chi connectivity index (χ0n) is 17.0. The van der Waals surface area contributed by atoms with Crippen molar-refractivity contribution in [2.45, 2.75) is 51.1 Å². The number of rotatable bonds is 8. The van der Waals surface area contributed by atoms with Gasteiger partial charge in [-0.2, -0.15) is 0 Å². The molecule has 0 spiro atoms. The van der Waals surface area contributed by atoms with E-state index in [4.69, 9.17) is 6.96 Å². The Hall–Kier alpha value is -1.07. The maximum absolute atomic E-state index is 12.8. The van der Waals surface area contributed by atoms with Crippen molar-refractivity contribution in [2.24, 2.45) is 0 Å². The normalized spacial score (nSPS) is 15.3. The number of hydrogen-bond acceptors (Lipinski definition) is 4. The molecule has 0 radical (unpaired) electrons. The Kier molecular flexibility index (Phi) is 7.01. The molecule has 0 heterocycles. The summed E-state index contributed by atoms with van der Waals surface area (Å²) < 4.78 is 37.2. The van der Waals surface area contributed by atoms with Gasteiger partial charge in [-0.15, -0.1) is 0 Å². The summed E-state index contributed by atoms with van der Waals surface area (Å²) in [4.78, 5) is 0. The summed E-state index contributed by atoms with van der Waals surface area (Å²) in [6.07, 6.45) is 0. The molecule has 7 heteroatoms. The summed E-state index contributed by atoms with van der Waals surface area (Å²) in [6.45, 7) is 11.8. The zero-order chi connectivity index (χ0) is 20.3. The van der Waals surface area contributed by atoms with Crippen LogP contribution in [0.5, 0.6) is 0 Å². The van der Waals surface area contributed by atoms with Gasteiger partial charge in [0.1, 0.15) is 0 Å². The molecule has 0 bridgehead atoms. The average Bonchev–Trinajstić information content (AvgIpc) is 2.60. The van der Waals surface area contributed by atoms with E-state index in [-0.39, 0.29) is 11.1 Å². The van der Waals surface area contributed by atoms with Crippen LogP contribution in [0.1, 0.15) is 36.1 Å². The minimum absolute atomic E-state index is 0.0399. The van der Waals surface area contributed by atoms with E-state index in [0.29, 0.717) is 0 Å². The van der Waals surface area contributed by atoms with Crippen molar-refractivity contribution in [3.8, 4) is 0 Å². The van der Waals surface area contributed by atoms with Crippen molar-refractivity contribution in [1.29, 1.82) is 0 Å². The van der Waals surface area contributed by atoms with Crippen molar-refractivity contribution >= 4 is 16.6 Å². The summed E-state index contributed by atoms with van der Waals surface area (Å²) in [6, 6.07) is 19.8. The van der Waals surface area contributed by atoms with Crippen LogP contribution >= 0.6 is 0 Å². The van der Waals surface area contributed by atoms with Gasteiger partial charge < -0.3 is 0 Å². The molecule has 0 saturated carbocycles. The SMILES string of the molecule is CC(c1ccccc1)[Si](C)(C)[O][Cr](=[O])(=[O])[O][Si](C)(C)C(C)c1ccccc1. The summed E-state index contributed by atoms with van der Waals surface area (Å²) in [7, 11) is -5.11. The fraction of sp³-hybridized carbons (Fsp3) is 0.400. The molecule has 2 atom stereocenters. The third kappa shape index (κ3) is 5.95. The first-order valence-corrected chi connectivity index (χ1v) is 17.3. The molecule has 0 aromatic heterocycles. The molecule has 2 aromatic rings. The van der Waals surface area contributed by atoms with Crippen LogP contribution in [0.2, 0.25) is 26.2 Å². The average molecular weight is 443 g/mol. The third-order valence-corrected chi connectivity index (χ3v) is 17.4. The Balaban J connectivity index is 2.15. The molecule has 0 saturated heterocycles. The van der Waals surface area contributed by atoms with Crippen LogP contribution in [-0.2, 0) is 28.2 Å². The minimum atomic E-state index is -4.95. The second kappa shape index (κ2) is 8.52. The van der Waals surface area contributed by atoms with Gasteiger partial charge in [-0.3, -0.25) is 0 Å². The van der Waals surface area contributed by atoms with Crippen LogP contribution in [0.15, 0.2) is 60.7 Å². The van der Waals surface area contributed by atoms with E-state index in [9.17, 15) is 7.61 Å². The molecule has 27 heavy (non-hydrogen) atoms. The van der Waals surface area contributed by atoms with Crippen molar-refractivity contribution in [1.82, 2.24) is 0 Å². The molecule has 2 rings (SSSR count). The van der Waals surface area contributed by atoms with Crippen LogP contribution in [-0.4, -0.2) is 16.6 Å². The van der Waals surface area contributed by atoms with Gasteiger partial charge in [0.05, 0.1) is 0 Å². The molecule has 0 amide bonds. The molecule has 2 unspecified atom stereocenters. The van der Waals surface area contributed by atoms with Crippen LogP contribution in [0.3, 0.4) is 0 Å². The zero-order valence-corrected chi connectivity index (χ0v) is 20.2. The summed E-state index contributed by atoms with van der Waals surface area (Å²) in [5.41, 5.74) is 2.27. The molecule has 0 aliphatic heterocycles. The van der Waals surface area contributed by atoms with E-state index < -0.39 is 30.2 Å². The van der Waals surface area contributed by atoms with E-state index in [1.807, 2.05) is 101 Å². The van der Waals surface area contributed by atoms with Gasteiger partial charge in [0.15, 0.2) is 0 Å². The topological polar surface area (TPSA) is 52.6 Å². The quantitative estimate of drug-likeness (QED) is 0.486. The van der Waals surface area contributed by atoms with Crippen LogP contribution in [0, 0.1) is 0 Å². The Morgan fingerprint density at radius 1 is 0.667 bits per heavy atom. The van der Waals surface area contributed by atoms with Gasteiger partial charge in [-0.05, 0) is 0 Å². The van der Waals surface area contributed by atoms with Gasteiger partial charge in [0.2, 0.25) is 0 Å². The molecule has 148 valence electrons. The maximum atomic E-state index is 12.8. The Morgan fingerprint density at radius 2 is 0.963 bits per heavy atom. The number of hydrogen-bond donors (Lipinski definition) is 0. The van der Waals surface area contributed by atoms with E-state index in [1.165, 1.54) is 0 Å². The Morgan fingerprint density at radius 3 is 1.26 bits per heavy atom. The third-order valence-electron chi connectivity index (χ3n) is 5.32. The second-order valence-corrected chi connectivity index (χ2v) is 19.4. The van der Waals surface area contributed by atoms with Crippen LogP contribution in [0.25, 0.3) is 0 Å². The number of benzene rings is 2. The van der Waals surface area contributed by atoms with Crippen molar-refractivity contribution in [3.05, 3.63) is 71.8 Å². The fourth-order valence-corrected chi connectivity index (χ4v) is 13.2. The van der Waals surface area contributed by atoms with Crippen LogP contribution in [0.4, 0.5) is 0 Å². The van der Waals surface area contributed by atoms with Crippen LogP contribution < -0.4 is 0 Å². The van der Waals surface area contributed by atoms with Crippen molar-refractivity contribution < 1.29 is 28.2 Å². The molecular weight excluding hydrogens is 412 g/mol. The van der Waals surface area contributed by atoms with Crippen molar-refractivity contribution in [3.63, 3.8) is 0 Å². The van der Waals surface area contributed by atoms with Gasteiger partial charge in [-0.1, -0.05) is 0 Å². The van der Waals surface area contributed by atoms with E-state index in [2.05, 4.69) is 0 Å². The fourth-order valence-electron chi connectivity index (χ4n) is 2.97. The molecule has 0 fully saturated rings. The van der Waals surface area contributed by atoms with E-state index >= 15 is 0 Å². The standard InChI is InChI=1S/2C10H15OSi.Cr.2O/c2*1-9(12(2,3)11)10-7-5-4-6-8-10;;;/h2*4-9H,1-3H3;;;/q2*-1;+2;;. The first-order valence-electron chi connectivity index (χ1n) is 9.21. The molecule has 4 nitrogen and oxygen atoms in total. The molecule has 0 aliphatic rings. The Labute approximate surface area is 167 Å². The first-order chi connectivity index (χ1) is 12.4. The molecular formula is C20H30CrO4Si2. The van der Waals surface area contributed by atoms with Gasteiger partial charge in [0.25, 0.3) is 0 Å². The monoisotopic (exact) mass is 442 g/mol. The summed E-state index contributed by atoms with van der Waals surface area (Å²) in [5, 5.41) is 0. The molecule has 2 aromatic carbocycles. The predicted octanol–water partition coefficient (Wildman–Crippen LogP) is 5.79. The Bertz CT molecular complexity index is 771. The van der Waals surface area contributed by atoms with Gasteiger partial charge in [0, 0.05) is 0 Å². The summed E-state index contributed by atoms with van der Waals surface area (Å²) in [5.74, 6) is 0. The van der Waals surface area contributed by atoms with E-state index in [1.54, 1.807) is 0 Å². The molecule has 0 aliphatic carbocycles. The predicted molar refractivity (Wildman–Crippen MR) is 108 cm³/mol. The van der Waals surface area contributed by atoms with E-state index in [0.717, 1.165) is 11.1 Å². The van der Waals surface area contributed by atoms with Crippen molar-refractivity contribution in [2.75, 3.05) is 0 Å². The summed E-state index contributed by atoms with van der Waals surface area (Å²) >= 11 is -4.95. The first kappa shape index (κ1) is 22.2.